The van der Waals surface area contributed by atoms with Crippen molar-refractivity contribution in [2.75, 3.05) is 6.54 Å². The highest BCUT2D eigenvalue weighted by Crippen LogP contribution is 2.17. The fourth-order valence-corrected chi connectivity index (χ4v) is 2.40. The normalized spacial score (nSPS) is 9.50. The van der Waals surface area contributed by atoms with Crippen LogP contribution in [-0.2, 0) is 6.42 Å². The van der Waals surface area contributed by atoms with Gasteiger partial charge in [-0.2, -0.15) is 11.3 Å². The van der Waals surface area contributed by atoms with Gasteiger partial charge in [-0.3, -0.25) is 0 Å². The molecule has 3 nitrogen and oxygen atoms in total. The molecule has 3 heterocycles. The van der Waals surface area contributed by atoms with Crippen molar-refractivity contribution < 1.29 is 4.42 Å². The molecule has 0 atom stereocenters. The topological polar surface area (TPSA) is 55.0 Å². The van der Waals surface area contributed by atoms with Crippen LogP contribution in [0.2, 0.25) is 0 Å². The van der Waals surface area contributed by atoms with Crippen molar-refractivity contribution in [1.82, 2.24) is 4.98 Å². The number of hydrogen-bond acceptors (Lipinski definition) is 3. The number of rotatable bonds is 2. The molecular weight excluding hydrogens is 292 g/mol. The van der Waals surface area contributed by atoms with Gasteiger partial charge >= 0.3 is 0 Å². The first kappa shape index (κ1) is 16.1. The molecule has 0 radical (unpaired) electrons. The maximum Gasteiger partial charge on any atom is 0.0902 e. The molecule has 0 spiro atoms. The zero-order valence-electron chi connectivity index (χ0n) is 12.3. The van der Waals surface area contributed by atoms with Gasteiger partial charge in [0.05, 0.1) is 12.5 Å². The number of aromatic nitrogens is 1. The molecule has 0 saturated heterocycles. The van der Waals surface area contributed by atoms with E-state index in [1.807, 2.05) is 47.3 Å². The molecule has 3 aromatic heterocycles. The second-order valence-corrected chi connectivity index (χ2v) is 5.30. The first-order chi connectivity index (χ1) is 10.9. The number of benzene rings is 1. The van der Waals surface area contributed by atoms with Crippen molar-refractivity contribution in [3.8, 4) is 0 Å². The fraction of sp³-hybridized carbons (Fsp3) is 0.111. The van der Waals surface area contributed by atoms with E-state index in [0.717, 1.165) is 6.42 Å². The minimum Gasteiger partial charge on any atom is -0.473 e. The summed E-state index contributed by atoms with van der Waals surface area (Å²) >= 11 is 1.71. The highest BCUT2D eigenvalue weighted by molar-refractivity contribution is 7.07. The summed E-state index contributed by atoms with van der Waals surface area (Å²) in [6, 6.07) is 16.0. The maximum absolute atomic E-state index is 5.50. The summed E-state index contributed by atoms with van der Waals surface area (Å²) in [5.74, 6) is 0. The maximum atomic E-state index is 5.50. The van der Waals surface area contributed by atoms with Crippen LogP contribution in [0.25, 0.3) is 10.9 Å². The minimum atomic E-state index is 0.710. The summed E-state index contributed by atoms with van der Waals surface area (Å²) in [4.78, 5) is 3.22. The highest BCUT2D eigenvalue weighted by atomic mass is 32.1. The predicted molar refractivity (Wildman–Crippen MR) is 94.1 cm³/mol. The fourth-order valence-electron chi connectivity index (χ4n) is 1.95. The van der Waals surface area contributed by atoms with Crippen molar-refractivity contribution in [1.29, 1.82) is 0 Å². The molecular formula is C18H20N2OS. The number of aromatic amines is 1. The molecule has 1 aromatic carbocycles. The second-order valence-electron chi connectivity index (χ2n) is 4.48. The van der Waals surface area contributed by atoms with Crippen LogP contribution in [0, 0.1) is 0 Å². The van der Waals surface area contributed by atoms with Gasteiger partial charge in [0.15, 0.2) is 0 Å². The first-order valence-electron chi connectivity index (χ1n) is 7.11. The zero-order chi connectivity index (χ0) is 15.5. The Bertz CT molecular complexity index is 654. The third-order valence-electron chi connectivity index (χ3n) is 2.94. The third kappa shape index (κ3) is 5.24. The van der Waals surface area contributed by atoms with Gasteiger partial charge in [0.25, 0.3) is 0 Å². The standard InChI is InChI=1S/C10H12N2.C4H4O.C4H4S/c11-6-5-8-7-12-10-4-2-1-3-9(8)10;2*1-2-4-5-3-1/h1-4,7,12H,5-6,11H2;2*1-4H. The Labute approximate surface area is 134 Å². The van der Waals surface area contributed by atoms with Crippen LogP contribution in [0.3, 0.4) is 0 Å². The number of H-pyrrole nitrogens is 1. The van der Waals surface area contributed by atoms with Gasteiger partial charge in [-0.15, -0.1) is 0 Å². The van der Waals surface area contributed by atoms with Crippen LogP contribution in [0.5, 0.6) is 0 Å². The average molecular weight is 312 g/mol. The Morgan fingerprint density at radius 1 is 0.955 bits per heavy atom. The molecule has 0 fully saturated rings. The summed E-state index contributed by atoms with van der Waals surface area (Å²) in [6.45, 7) is 0.710. The van der Waals surface area contributed by atoms with E-state index in [-0.39, 0.29) is 0 Å². The second kappa shape index (κ2) is 9.60. The van der Waals surface area contributed by atoms with Gasteiger partial charge in [-0.05, 0) is 47.5 Å². The zero-order valence-corrected chi connectivity index (χ0v) is 13.1. The summed E-state index contributed by atoms with van der Waals surface area (Å²) in [6.07, 6.45) is 6.24. The van der Waals surface area contributed by atoms with Gasteiger partial charge in [-0.1, -0.05) is 30.3 Å². The minimum absolute atomic E-state index is 0.710. The third-order valence-corrected chi connectivity index (χ3v) is 3.57. The van der Waals surface area contributed by atoms with E-state index in [1.165, 1.54) is 16.5 Å². The van der Waals surface area contributed by atoms with E-state index in [2.05, 4.69) is 27.6 Å². The monoisotopic (exact) mass is 312 g/mol. The van der Waals surface area contributed by atoms with Gasteiger partial charge in [0.1, 0.15) is 0 Å². The number of thiophene rings is 1. The van der Waals surface area contributed by atoms with Gasteiger partial charge in [0.2, 0.25) is 0 Å². The molecule has 114 valence electrons. The molecule has 0 aliphatic carbocycles. The largest absolute Gasteiger partial charge is 0.473 e. The molecule has 0 amide bonds. The lowest BCUT2D eigenvalue weighted by molar-refractivity contribution is 0.567. The Kier molecular flexibility index (Phi) is 7.02. The van der Waals surface area contributed by atoms with Gasteiger partial charge < -0.3 is 15.1 Å². The number of furan rings is 1. The number of fused-ring (bicyclic) bond motifs is 1. The van der Waals surface area contributed by atoms with Crippen molar-refractivity contribution in [3.63, 3.8) is 0 Å². The SMILES string of the molecule is NCCc1c[nH]c2ccccc12.c1ccoc1.c1ccsc1. The lowest BCUT2D eigenvalue weighted by Crippen LogP contribution is -2.01. The molecule has 0 saturated carbocycles. The number of nitrogens with one attached hydrogen (secondary N) is 1. The van der Waals surface area contributed by atoms with Crippen molar-refractivity contribution in [3.05, 3.63) is 83.6 Å². The molecule has 4 aromatic rings. The van der Waals surface area contributed by atoms with Crippen LogP contribution in [0.4, 0.5) is 0 Å². The Balaban J connectivity index is 0.000000145. The molecule has 4 heteroatoms. The Hall–Kier alpha value is -2.30. The number of para-hydroxylation sites is 1. The van der Waals surface area contributed by atoms with Crippen LogP contribution < -0.4 is 5.73 Å². The summed E-state index contributed by atoms with van der Waals surface area (Å²) < 4.78 is 4.58. The molecule has 0 aliphatic heterocycles. The Morgan fingerprint density at radius 2 is 1.68 bits per heavy atom. The van der Waals surface area contributed by atoms with E-state index in [0.29, 0.717) is 6.54 Å². The van der Waals surface area contributed by atoms with Crippen molar-refractivity contribution in [2.45, 2.75) is 6.42 Å². The molecule has 0 bridgehead atoms. The van der Waals surface area contributed by atoms with E-state index < -0.39 is 0 Å². The molecule has 3 N–H and O–H groups in total. The number of nitrogens with two attached hydrogens (primary N) is 1. The summed E-state index contributed by atoms with van der Waals surface area (Å²) in [7, 11) is 0. The van der Waals surface area contributed by atoms with E-state index >= 15 is 0 Å². The van der Waals surface area contributed by atoms with E-state index in [1.54, 1.807) is 23.9 Å². The number of hydrogen-bond donors (Lipinski definition) is 2. The quantitative estimate of drug-likeness (QED) is 0.564. The van der Waals surface area contributed by atoms with Gasteiger partial charge in [0, 0.05) is 17.1 Å². The Morgan fingerprint density at radius 3 is 2.23 bits per heavy atom. The molecule has 0 aliphatic rings. The lowest BCUT2D eigenvalue weighted by atomic mass is 10.1. The van der Waals surface area contributed by atoms with Gasteiger partial charge in [-0.25, -0.2) is 0 Å². The van der Waals surface area contributed by atoms with E-state index in [4.69, 9.17) is 5.73 Å². The molecule has 0 unspecified atom stereocenters. The summed E-state index contributed by atoms with van der Waals surface area (Å²) in [5, 5.41) is 5.38. The summed E-state index contributed by atoms with van der Waals surface area (Å²) in [5.41, 5.74) is 8.01. The predicted octanol–water partition coefficient (Wildman–Crippen LogP) is 4.70. The molecule has 22 heavy (non-hydrogen) atoms. The lowest BCUT2D eigenvalue weighted by Gasteiger charge is -1.93. The smallest absolute Gasteiger partial charge is 0.0902 e. The highest BCUT2D eigenvalue weighted by Gasteiger charge is 1.99. The van der Waals surface area contributed by atoms with E-state index in [9.17, 15) is 0 Å². The van der Waals surface area contributed by atoms with Crippen LogP contribution in [0.15, 0.2) is 82.4 Å². The van der Waals surface area contributed by atoms with Crippen LogP contribution in [0.1, 0.15) is 5.56 Å². The van der Waals surface area contributed by atoms with Crippen molar-refractivity contribution >= 4 is 22.2 Å². The average Bonchev–Trinajstić information content (AvgIpc) is 3.33. The van der Waals surface area contributed by atoms with Crippen LogP contribution >= 0.6 is 11.3 Å². The van der Waals surface area contributed by atoms with Crippen LogP contribution in [-0.4, -0.2) is 11.5 Å². The molecule has 4 rings (SSSR count). The first-order valence-corrected chi connectivity index (χ1v) is 8.05. The van der Waals surface area contributed by atoms with Crippen molar-refractivity contribution in [2.24, 2.45) is 5.73 Å².